The number of hydrogen-bond donors (Lipinski definition) is 2. The molecule has 0 saturated carbocycles. The zero-order valence-corrected chi connectivity index (χ0v) is 25.5. The Hall–Kier alpha value is -4.53. The number of likely N-dealkylation sites (N-methyl/N-ethyl adjacent to an activating group) is 1. The number of carbonyl (C=O) groups excluding carboxylic acids is 2. The van der Waals surface area contributed by atoms with Crippen molar-refractivity contribution in [2.24, 2.45) is 4.36 Å². The lowest BCUT2D eigenvalue weighted by atomic mass is 9.97. The van der Waals surface area contributed by atoms with Crippen LogP contribution in [0.15, 0.2) is 57.9 Å². The normalized spacial score (nSPS) is 15.8. The number of aromatic nitrogens is 1. The van der Waals surface area contributed by atoms with Gasteiger partial charge in [0, 0.05) is 61.6 Å². The number of carbonyl (C=O) groups is 3. The van der Waals surface area contributed by atoms with Crippen LogP contribution in [0.2, 0.25) is 0 Å². The van der Waals surface area contributed by atoms with Crippen molar-refractivity contribution in [3.63, 3.8) is 0 Å². The van der Waals surface area contributed by atoms with E-state index in [9.17, 15) is 36.2 Å². The molecule has 15 heteroatoms. The van der Waals surface area contributed by atoms with Gasteiger partial charge in [0.15, 0.2) is 11.6 Å². The minimum atomic E-state index is -3.36. The number of benzene rings is 2. The number of carboxylic acid groups (broad SMARTS) is 1. The second-order valence-electron chi connectivity index (χ2n) is 10.7. The molecule has 1 atom stereocenters. The van der Waals surface area contributed by atoms with Crippen molar-refractivity contribution in [2.45, 2.75) is 37.0 Å². The van der Waals surface area contributed by atoms with Gasteiger partial charge in [0.2, 0.25) is 5.92 Å². The van der Waals surface area contributed by atoms with Crippen molar-refractivity contribution in [1.29, 1.82) is 0 Å². The van der Waals surface area contributed by atoms with Gasteiger partial charge in [-0.15, -0.1) is 0 Å². The molecule has 1 saturated heterocycles. The average Bonchev–Trinajstić information content (AvgIpc) is 3.14. The number of anilines is 2. The molecule has 2 aromatic carbocycles. The van der Waals surface area contributed by atoms with Crippen LogP contribution >= 0.6 is 0 Å². The van der Waals surface area contributed by atoms with E-state index in [1.807, 2.05) is 0 Å². The van der Waals surface area contributed by atoms with E-state index in [4.69, 9.17) is 5.11 Å². The van der Waals surface area contributed by atoms with Gasteiger partial charge in [0.25, 0.3) is 11.8 Å². The van der Waals surface area contributed by atoms with Crippen LogP contribution in [0.5, 0.6) is 0 Å². The number of alkyl halides is 2. The summed E-state index contributed by atoms with van der Waals surface area (Å²) in [7, 11) is -2.20. The van der Waals surface area contributed by atoms with Crippen molar-refractivity contribution in [1.82, 2.24) is 9.88 Å². The first-order chi connectivity index (χ1) is 21.1. The highest BCUT2D eigenvalue weighted by atomic mass is 32.2. The number of hydrogen-bond acceptors (Lipinski definition) is 6. The van der Waals surface area contributed by atoms with Crippen LogP contribution in [0.4, 0.5) is 33.9 Å². The fourth-order valence-electron chi connectivity index (χ4n) is 4.88. The van der Waals surface area contributed by atoms with Crippen LogP contribution in [0.25, 0.3) is 11.1 Å². The summed E-state index contributed by atoms with van der Waals surface area (Å²) >= 11 is 0. The second kappa shape index (κ2) is 13.2. The average molecular weight is 650 g/mol. The maximum Gasteiger partial charge on any atom is 0.407 e. The zero-order chi connectivity index (χ0) is 33.1. The van der Waals surface area contributed by atoms with Gasteiger partial charge in [-0.2, -0.15) is 4.36 Å². The molecule has 45 heavy (non-hydrogen) atoms. The maximum absolute atomic E-state index is 14.2. The Morgan fingerprint density at radius 3 is 2.53 bits per heavy atom. The van der Waals surface area contributed by atoms with Crippen LogP contribution in [0, 0.1) is 18.6 Å². The fourth-order valence-corrected chi connectivity index (χ4v) is 6.11. The van der Waals surface area contributed by atoms with E-state index in [0.29, 0.717) is 16.0 Å². The first-order valence-electron chi connectivity index (χ1n) is 13.8. The lowest BCUT2D eigenvalue weighted by molar-refractivity contribution is -0.118. The zero-order valence-electron chi connectivity index (χ0n) is 24.7. The van der Waals surface area contributed by atoms with Gasteiger partial charge in [0.1, 0.15) is 12.4 Å². The predicted molar refractivity (Wildman–Crippen MR) is 160 cm³/mol. The molecular formula is C30H31F4N5O5S. The van der Waals surface area contributed by atoms with Gasteiger partial charge in [-0.1, -0.05) is 12.1 Å². The van der Waals surface area contributed by atoms with E-state index in [-0.39, 0.29) is 53.5 Å². The van der Waals surface area contributed by atoms with Crippen molar-refractivity contribution < 1.29 is 41.3 Å². The molecule has 10 nitrogen and oxygen atoms in total. The van der Waals surface area contributed by atoms with E-state index >= 15 is 0 Å². The molecule has 3 amide bonds. The van der Waals surface area contributed by atoms with Crippen LogP contribution in [0.3, 0.4) is 0 Å². The molecule has 0 aliphatic carbocycles. The number of pyridine rings is 1. The Morgan fingerprint density at radius 2 is 1.84 bits per heavy atom. The summed E-state index contributed by atoms with van der Waals surface area (Å²) in [4.78, 5) is 43.9. The Balaban J connectivity index is 1.72. The Kier molecular flexibility index (Phi) is 9.80. The molecule has 240 valence electrons. The Bertz CT molecular complexity index is 1780. The molecule has 0 spiro atoms. The number of amides is 3. The molecule has 1 aromatic heterocycles. The number of nitrogens with one attached hydrogen (secondary N) is 1. The third kappa shape index (κ3) is 7.95. The van der Waals surface area contributed by atoms with Gasteiger partial charge in [0.05, 0.1) is 15.3 Å². The highest BCUT2D eigenvalue weighted by Crippen LogP contribution is 2.35. The Morgan fingerprint density at radius 1 is 1.11 bits per heavy atom. The summed E-state index contributed by atoms with van der Waals surface area (Å²) in [5.41, 5.74) is 1.06. The smallest absolute Gasteiger partial charge is 0.407 e. The third-order valence-electron chi connectivity index (χ3n) is 7.30. The minimum Gasteiger partial charge on any atom is -0.465 e. The first kappa shape index (κ1) is 33.4. The molecule has 2 N–H and O–H groups in total. The summed E-state index contributed by atoms with van der Waals surface area (Å²) in [6.07, 6.45) is 0.593. The van der Waals surface area contributed by atoms with Crippen LogP contribution in [-0.2, 0) is 14.5 Å². The molecule has 2 heterocycles. The van der Waals surface area contributed by atoms with E-state index in [0.717, 1.165) is 19.2 Å². The molecule has 0 radical (unpaired) electrons. The second-order valence-corrected chi connectivity index (χ2v) is 13.0. The molecule has 1 aliphatic rings. The molecule has 0 bridgehead atoms. The van der Waals surface area contributed by atoms with E-state index in [2.05, 4.69) is 14.7 Å². The number of halogens is 4. The summed E-state index contributed by atoms with van der Waals surface area (Å²) in [6.45, 7) is 1.09. The molecule has 1 unspecified atom stereocenters. The lowest BCUT2D eigenvalue weighted by Crippen LogP contribution is -2.30. The van der Waals surface area contributed by atoms with Crippen molar-refractivity contribution in [3.05, 3.63) is 71.4 Å². The minimum absolute atomic E-state index is 0.0154. The summed E-state index contributed by atoms with van der Waals surface area (Å²) in [5, 5.41) is 11.7. The molecule has 1 aliphatic heterocycles. The molecule has 1 fully saturated rings. The van der Waals surface area contributed by atoms with Crippen LogP contribution in [0.1, 0.15) is 35.2 Å². The van der Waals surface area contributed by atoms with Gasteiger partial charge in [-0.25, -0.2) is 31.5 Å². The van der Waals surface area contributed by atoms with Gasteiger partial charge < -0.3 is 20.2 Å². The molecule has 3 aromatic rings. The number of nitrogens with zero attached hydrogens (tertiary/aromatic N) is 4. The summed E-state index contributed by atoms with van der Waals surface area (Å²) < 4.78 is 73.1. The summed E-state index contributed by atoms with van der Waals surface area (Å²) in [5.74, 6) is -6.53. The lowest BCUT2D eigenvalue weighted by Gasteiger charge is -2.26. The molecular weight excluding hydrogens is 618 g/mol. The van der Waals surface area contributed by atoms with Gasteiger partial charge in [-0.05, 0) is 54.8 Å². The standard InChI is InChI=1S/C30H31F4N5O5S/c1-18-22(19-8-9-23(31)24(32)14-19)16-35-27(39-12-5-10-30(33,34)11-13-39)26(18)28(41)36-20-6-4-7-21(15-20)45(3,44)37-25(40)17-38(2)29(42)43/h4,6-9,14-16H,5,10-13,17H2,1-3H3,(H,36,41)(H,42,43). The molecule has 4 rings (SSSR count). The van der Waals surface area contributed by atoms with Crippen LogP contribution in [-0.4, -0.2) is 76.0 Å². The highest BCUT2D eigenvalue weighted by Gasteiger charge is 2.34. The van der Waals surface area contributed by atoms with Crippen molar-refractivity contribution in [3.8, 4) is 11.1 Å². The predicted octanol–water partition coefficient (Wildman–Crippen LogP) is 5.81. The summed E-state index contributed by atoms with van der Waals surface area (Å²) in [6, 6.07) is 8.96. The third-order valence-corrected chi connectivity index (χ3v) is 8.98. The van der Waals surface area contributed by atoms with E-state index in [1.54, 1.807) is 11.8 Å². The quantitative estimate of drug-likeness (QED) is 0.309. The SMILES string of the molecule is Cc1c(-c2ccc(F)c(F)c2)cnc(N2CCCC(F)(F)CC2)c1C(=O)Nc1cccc(S(C)(=O)=NC(=O)CN(C)C(=O)O)c1. The van der Waals surface area contributed by atoms with Crippen molar-refractivity contribution >= 4 is 39.1 Å². The topological polar surface area (TPSA) is 132 Å². The van der Waals surface area contributed by atoms with Gasteiger partial charge in [-0.3, -0.25) is 9.59 Å². The largest absolute Gasteiger partial charge is 0.465 e. The van der Waals surface area contributed by atoms with Crippen molar-refractivity contribution in [2.75, 3.05) is 43.2 Å². The monoisotopic (exact) mass is 649 g/mol. The first-order valence-corrected chi connectivity index (χ1v) is 15.7. The number of rotatable bonds is 7. The highest BCUT2D eigenvalue weighted by molar-refractivity contribution is 7.93. The Labute approximate surface area is 257 Å². The maximum atomic E-state index is 14.2. The van der Waals surface area contributed by atoms with Crippen LogP contribution < -0.4 is 10.2 Å². The van der Waals surface area contributed by atoms with Gasteiger partial charge >= 0.3 is 6.09 Å². The van der Waals surface area contributed by atoms with E-state index < -0.39 is 58.2 Å². The fraction of sp³-hybridized carbons (Fsp3) is 0.333. The van der Waals surface area contributed by atoms with E-state index in [1.165, 1.54) is 42.8 Å².